The fraction of sp³-hybridized carbons (Fsp3) is 0.625. The number of rotatable bonds is 9. The molecule has 1 aromatic rings. The van der Waals surface area contributed by atoms with E-state index in [0.717, 1.165) is 24.0 Å². The molecule has 0 saturated heterocycles. The normalized spacial score (nSPS) is 13.6. The zero-order chi connectivity index (χ0) is 15.9. The predicted molar refractivity (Wildman–Crippen MR) is 93.4 cm³/mol. The lowest BCUT2D eigenvalue weighted by Crippen LogP contribution is -2.27. The highest BCUT2D eigenvalue weighted by molar-refractivity contribution is 9.10. The molecule has 120 valence electrons. The van der Waals surface area contributed by atoms with Crippen LogP contribution in [-0.4, -0.2) is 32.5 Å². The van der Waals surface area contributed by atoms with Gasteiger partial charge in [0.2, 0.25) is 0 Å². The van der Waals surface area contributed by atoms with E-state index in [4.69, 9.17) is 0 Å². The van der Waals surface area contributed by atoms with Crippen molar-refractivity contribution in [2.24, 2.45) is 5.92 Å². The van der Waals surface area contributed by atoms with Crippen molar-refractivity contribution in [3.63, 3.8) is 0 Å². The maximum atomic E-state index is 12.0. The standard InChI is InChI=1S/C16H26BrNO2S/c1-4-18-12-14(9-10-21(19,20)13(2)3)11-15-7-5-6-8-16(15)17/h5-8,13-14,18H,4,9-12H2,1-3H3. The number of hydrogen-bond donors (Lipinski definition) is 1. The van der Waals surface area contributed by atoms with Gasteiger partial charge in [-0.15, -0.1) is 0 Å². The molecule has 1 rings (SSSR count). The Morgan fingerprint density at radius 2 is 1.90 bits per heavy atom. The summed E-state index contributed by atoms with van der Waals surface area (Å²) in [6.07, 6.45) is 1.59. The van der Waals surface area contributed by atoms with E-state index in [1.807, 2.05) is 18.2 Å². The first-order valence-corrected chi connectivity index (χ1v) is 10.0. The molecule has 0 fully saturated rings. The molecule has 0 heterocycles. The molecule has 0 aromatic heterocycles. The second-order valence-corrected chi connectivity index (χ2v) is 9.20. The van der Waals surface area contributed by atoms with Crippen LogP contribution in [0.25, 0.3) is 0 Å². The molecule has 1 unspecified atom stereocenters. The van der Waals surface area contributed by atoms with Crippen molar-refractivity contribution in [2.45, 2.75) is 38.9 Å². The summed E-state index contributed by atoms with van der Waals surface area (Å²) < 4.78 is 25.1. The summed E-state index contributed by atoms with van der Waals surface area (Å²) in [5.74, 6) is 0.600. The van der Waals surface area contributed by atoms with Crippen LogP contribution in [0.4, 0.5) is 0 Å². The summed E-state index contributed by atoms with van der Waals surface area (Å²) in [5, 5.41) is 3.05. The van der Waals surface area contributed by atoms with E-state index >= 15 is 0 Å². The van der Waals surface area contributed by atoms with Crippen molar-refractivity contribution in [2.75, 3.05) is 18.8 Å². The lowest BCUT2D eigenvalue weighted by molar-refractivity contribution is 0.463. The number of hydrogen-bond acceptors (Lipinski definition) is 3. The van der Waals surface area contributed by atoms with Crippen LogP contribution in [0.3, 0.4) is 0 Å². The van der Waals surface area contributed by atoms with Crippen LogP contribution in [0.1, 0.15) is 32.8 Å². The molecule has 0 aliphatic rings. The molecular formula is C16H26BrNO2S. The van der Waals surface area contributed by atoms with Gasteiger partial charge in [0, 0.05) is 4.47 Å². The Morgan fingerprint density at radius 3 is 2.48 bits per heavy atom. The van der Waals surface area contributed by atoms with Crippen molar-refractivity contribution in [1.82, 2.24) is 5.32 Å². The summed E-state index contributed by atoms with van der Waals surface area (Å²) in [6.45, 7) is 7.33. The fourth-order valence-electron chi connectivity index (χ4n) is 2.17. The smallest absolute Gasteiger partial charge is 0.152 e. The minimum Gasteiger partial charge on any atom is -0.317 e. The Morgan fingerprint density at radius 1 is 1.24 bits per heavy atom. The van der Waals surface area contributed by atoms with Gasteiger partial charge in [-0.25, -0.2) is 8.42 Å². The summed E-state index contributed by atoms with van der Waals surface area (Å²) in [4.78, 5) is 0. The van der Waals surface area contributed by atoms with E-state index in [-0.39, 0.29) is 11.0 Å². The third-order valence-corrected chi connectivity index (χ3v) is 6.69. The monoisotopic (exact) mass is 375 g/mol. The molecule has 1 aromatic carbocycles. The fourth-order valence-corrected chi connectivity index (χ4v) is 3.75. The largest absolute Gasteiger partial charge is 0.317 e. The molecule has 0 bridgehead atoms. The first kappa shape index (κ1) is 18.7. The van der Waals surface area contributed by atoms with E-state index < -0.39 is 9.84 Å². The van der Waals surface area contributed by atoms with Gasteiger partial charge in [0.05, 0.1) is 11.0 Å². The van der Waals surface area contributed by atoms with Gasteiger partial charge in [-0.3, -0.25) is 0 Å². The number of benzene rings is 1. The van der Waals surface area contributed by atoms with E-state index in [1.54, 1.807) is 13.8 Å². The van der Waals surface area contributed by atoms with E-state index in [9.17, 15) is 8.42 Å². The quantitative estimate of drug-likeness (QED) is 0.718. The highest BCUT2D eigenvalue weighted by Crippen LogP contribution is 2.21. The average molecular weight is 376 g/mol. The van der Waals surface area contributed by atoms with Gasteiger partial charge in [-0.2, -0.15) is 0 Å². The van der Waals surface area contributed by atoms with Crippen molar-refractivity contribution < 1.29 is 8.42 Å². The van der Waals surface area contributed by atoms with E-state index in [0.29, 0.717) is 12.3 Å². The highest BCUT2D eigenvalue weighted by atomic mass is 79.9. The predicted octanol–water partition coefficient (Wildman–Crippen LogP) is 3.43. The molecule has 0 radical (unpaired) electrons. The van der Waals surface area contributed by atoms with Gasteiger partial charge < -0.3 is 5.32 Å². The maximum absolute atomic E-state index is 12.0. The van der Waals surface area contributed by atoms with Crippen LogP contribution in [-0.2, 0) is 16.3 Å². The van der Waals surface area contributed by atoms with E-state index in [2.05, 4.69) is 34.2 Å². The first-order chi connectivity index (χ1) is 9.86. The second-order valence-electron chi connectivity index (χ2n) is 5.67. The Hall–Kier alpha value is -0.390. The van der Waals surface area contributed by atoms with Gasteiger partial charge in [-0.1, -0.05) is 41.1 Å². The lowest BCUT2D eigenvalue weighted by Gasteiger charge is -2.19. The number of sulfone groups is 1. The van der Waals surface area contributed by atoms with Gasteiger partial charge in [-0.05, 0) is 57.3 Å². The molecule has 1 atom stereocenters. The summed E-state index contributed by atoms with van der Waals surface area (Å²) in [7, 11) is -2.96. The van der Waals surface area contributed by atoms with Gasteiger partial charge in [0.25, 0.3) is 0 Å². The zero-order valence-electron chi connectivity index (χ0n) is 13.1. The third kappa shape index (κ3) is 6.49. The molecule has 3 nitrogen and oxygen atoms in total. The molecule has 21 heavy (non-hydrogen) atoms. The maximum Gasteiger partial charge on any atom is 0.152 e. The molecule has 1 N–H and O–H groups in total. The summed E-state index contributed by atoms with van der Waals surface area (Å²) in [5.41, 5.74) is 1.24. The van der Waals surface area contributed by atoms with Crippen LogP contribution in [0.2, 0.25) is 0 Å². The third-order valence-electron chi connectivity index (χ3n) is 3.68. The SMILES string of the molecule is CCNCC(CCS(=O)(=O)C(C)C)Cc1ccccc1Br. The summed E-state index contributed by atoms with van der Waals surface area (Å²) in [6, 6.07) is 8.15. The van der Waals surface area contributed by atoms with Crippen LogP contribution in [0.15, 0.2) is 28.7 Å². The summed E-state index contributed by atoms with van der Waals surface area (Å²) >= 11 is 3.57. The Kier molecular flexibility index (Phi) is 7.92. The van der Waals surface area contributed by atoms with Crippen LogP contribution in [0.5, 0.6) is 0 Å². The van der Waals surface area contributed by atoms with Crippen LogP contribution in [0, 0.1) is 5.92 Å². The van der Waals surface area contributed by atoms with Crippen LogP contribution < -0.4 is 5.32 Å². The molecular weight excluding hydrogens is 350 g/mol. The topological polar surface area (TPSA) is 46.2 Å². The Balaban J connectivity index is 2.70. The molecule has 0 saturated carbocycles. The van der Waals surface area contributed by atoms with Crippen molar-refractivity contribution in [1.29, 1.82) is 0 Å². The molecule has 0 amide bonds. The zero-order valence-corrected chi connectivity index (χ0v) is 15.5. The van der Waals surface area contributed by atoms with Crippen LogP contribution >= 0.6 is 15.9 Å². The number of nitrogens with one attached hydrogen (secondary N) is 1. The minimum absolute atomic E-state index is 0.269. The average Bonchev–Trinajstić information content (AvgIpc) is 2.43. The second kappa shape index (κ2) is 8.91. The highest BCUT2D eigenvalue weighted by Gasteiger charge is 2.19. The van der Waals surface area contributed by atoms with Gasteiger partial charge in [0.1, 0.15) is 0 Å². The van der Waals surface area contributed by atoms with Gasteiger partial charge in [0.15, 0.2) is 9.84 Å². The molecule has 0 aliphatic carbocycles. The molecule has 0 aliphatic heterocycles. The first-order valence-electron chi connectivity index (χ1n) is 7.52. The lowest BCUT2D eigenvalue weighted by atomic mass is 9.97. The van der Waals surface area contributed by atoms with Crippen molar-refractivity contribution >= 4 is 25.8 Å². The minimum atomic E-state index is -2.96. The van der Waals surface area contributed by atoms with Gasteiger partial charge >= 0.3 is 0 Å². The molecule has 5 heteroatoms. The van der Waals surface area contributed by atoms with Crippen molar-refractivity contribution in [3.8, 4) is 0 Å². The number of halogens is 1. The Bertz CT molecular complexity index is 529. The Labute approximate surface area is 137 Å². The van der Waals surface area contributed by atoms with E-state index in [1.165, 1.54) is 5.56 Å². The van der Waals surface area contributed by atoms with Crippen molar-refractivity contribution in [3.05, 3.63) is 34.3 Å². The molecule has 0 spiro atoms.